The number of hydrogen-bond acceptors (Lipinski definition) is 20. The van der Waals surface area contributed by atoms with Crippen molar-refractivity contribution < 1.29 is 170 Å². The molecule has 10 aliphatic heterocycles. The largest absolute Gasteiger partial charge is 0.493 e. The van der Waals surface area contributed by atoms with E-state index in [1.807, 2.05) is 0 Å². The summed E-state index contributed by atoms with van der Waals surface area (Å²) in [5, 5.41) is 57.0. The van der Waals surface area contributed by atoms with Gasteiger partial charge in [0.1, 0.15) is 0 Å². The molecule has 0 bridgehead atoms. The number of fused-ring (bicyclic) bond motifs is 15. The third kappa shape index (κ3) is 22.8. The topological polar surface area (TPSA) is 210 Å². The van der Waals surface area contributed by atoms with Crippen molar-refractivity contribution in [2.24, 2.45) is 57.0 Å². The molecule has 15 atom stereocenters. The number of rotatable bonds is 16. The van der Waals surface area contributed by atoms with Crippen LogP contribution >= 0.6 is 0 Å². The number of nitrogens with zero attached hydrogens (tertiary/aromatic N) is 5. The van der Waals surface area contributed by atoms with Gasteiger partial charge in [-0.3, -0.25) is 24.5 Å². The Morgan fingerprint density at radius 2 is 0.513 bits per heavy atom. The molecule has 0 aromatic heterocycles. The molecule has 5 saturated heterocycles. The monoisotopic (exact) mass is 1720 g/mol. The van der Waals surface area contributed by atoms with E-state index in [-0.39, 0.29) is 149 Å². The highest BCUT2D eigenvalue weighted by molar-refractivity contribution is 5.54. The second kappa shape index (κ2) is 39.7. The summed E-state index contributed by atoms with van der Waals surface area (Å²) in [6.07, 6.45) is -52.1. The van der Waals surface area contributed by atoms with Crippen molar-refractivity contribution >= 4 is 0 Å². The maximum Gasteiger partial charge on any atom is 0.161 e. The average molecular weight is 1720 g/mol. The van der Waals surface area contributed by atoms with Gasteiger partial charge in [0.2, 0.25) is 0 Å². The molecule has 15 unspecified atom stereocenters. The molecule has 0 amide bonds. The van der Waals surface area contributed by atoms with E-state index in [0.717, 1.165) is 21.9 Å². The van der Waals surface area contributed by atoms with Gasteiger partial charge in [0.25, 0.3) is 0 Å². The first kappa shape index (κ1) is 37.5. The molecule has 119 heavy (non-hydrogen) atoms. The lowest BCUT2D eigenvalue weighted by Gasteiger charge is -2.47. The van der Waals surface area contributed by atoms with Crippen molar-refractivity contribution in [1.82, 2.24) is 24.5 Å². The van der Waals surface area contributed by atoms with Crippen LogP contribution in [0, 0.1) is 57.0 Å². The van der Waals surface area contributed by atoms with Crippen molar-refractivity contribution in [3.05, 3.63) is 116 Å². The van der Waals surface area contributed by atoms with E-state index >= 15 is 0 Å². The quantitative estimate of drug-likeness (QED) is 0.0622. The van der Waals surface area contributed by atoms with Crippen molar-refractivity contribution in [2.45, 2.75) is 253 Å². The lowest BCUT2D eigenvalue weighted by atomic mass is 9.75. The van der Waals surface area contributed by atoms with Crippen LogP contribution < -0.4 is 47.4 Å². The first-order valence-electron chi connectivity index (χ1n) is 73.2. The van der Waals surface area contributed by atoms with E-state index in [1.165, 1.54) is 103 Å². The summed E-state index contributed by atoms with van der Waals surface area (Å²) in [6, 6.07) is 4.33. The number of hydrogen-bond donors (Lipinski definition) is 5. The van der Waals surface area contributed by atoms with Gasteiger partial charge in [-0.05, 0) is 269 Å². The lowest BCUT2D eigenvalue weighted by Crippen LogP contribution is -2.48. The molecule has 5 aromatic rings. The van der Waals surface area contributed by atoms with E-state index in [1.54, 1.807) is 13.8 Å². The van der Waals surface area contributed by atoms with E-state index in [0.29, 0.717) is 54.2 Å². The highest BCUT2D eigenvalue weighted by Gasteiger charge is 2.46. The zero-order valence-electron chi connectivity index (χ0n) is 139. The Balaban J connectivity index is 0.000000220. The number of methoxy groups -OCH3 is 10. The summed E-state index contributed by atoms with van der Waals surface area (Å²) >= 11 is 0. The Morgan fingerprint density at radius 1 is 0.328 bits per heavy atom. The Labute approximate surface area is 814 Å². The SMILES string of the molecule is [2H]C([2H])([2H])C(C)(C([2H])([2H])[2H])C([2H])([2H])C1([2H])C([2H])([2H])N2CCc3cc(OC)c(OC)cc3C2C([2H])([2H])C1([2H])O.[2H]C([2H])([2H])C(C)(C([2H])([2H])[2H])C([2H])([2H])C1([2H])C([2H])([2H])N2CCc3cc(OC)c(OC)cc3C2C([2H])([2H])C1([2H])O.[2H]C([2H])([2H])Oc1cc2c(cc1OC)CCN1C2C([2H])([2H])C([2H])(O)C([2H])(C([2H])([2H])C(C)(C([2H])([2H])[2H])C([2H])([2H])[2H])C1([2H])[2H].[2H]C([2H])([2H])Oc1cc2c(cc1OC)CCN1C2C([2H])([2H])C([2H])(O)C([2H])(C([2H])([2H])C(C)(C([2H])([2H])[2H])C([2H])([2H])[2H])C1([2H])[2H].[2H]C([2H])([2H])Oc1cc2c(cc1OC)CCN1C2C([2H])([2H])C([2H])(O)C([2H])(CC(C)C)C1([2H])[2H]. The van der Waals surface area contributed by atoms with E-state index in [2.05, 4.69) is 0 Å². The molecule has 5 fully saturated rings. The fraction of sp³-hybridized carbons (Fsp3) is 0.697. The second-order valence-electron chi connectivity index (χ2n) is 30.1. The van der Waals surface area contributed by atoms with Gasteiger partial charge in [0.05, 0.1) is 120 Å². The predicted octanol–water partition coefficient (Wildman–Crippen LogP) is 16.7. The predicted molar refractivity (Wildman–Crippen MR) is 474 cm³/mol. The van der Waals surface area contributed by atoms with Crippen molar-refractivity contribution in [3.63, 3.8) is 0 Å². The van der Waals surface area contributed by atoms with Crippen LogP contribution in [0.25, 0.3) is 0 Å². The first-order chi connectivity index (χ1) is 84.1. The molecule has 0 aliphatic carbocycles. The van der Waals surface area contributed by atoms with Gasteiger partial charge in [0, 0.05) is 174 Å². The highest BCUT2D eigenvalue weighted by atomic mass is 16.5. The van der Waals surface area contributed by atoms with Gasteiger partial charge in [-0.25, -0.2) is 0 Å². The van der Waals surface area contributed by atoms with Crippen molar-refractivity contribution in [1.29, 1.82) is 0 Å². The van der Waals surface area contributed by atoms with E-state index in [4.69, 9.17) is 145 Å². The zero-order valence-corrected chi connectivity index (χ0v) is 68.1. The second-order valence-corrected chi connectivity index (χ2v) is 30.1. The van der Waals surface area contributed by atoms with Gasteiger partial charge in [0.15, 0.2) is 57.5 Å². The number of aliphatic hydroxyl groups is 5. The smallest absolute Gasteiger partial charge is 0.161 e. The first-order valence-corrected chi connectivity index (χ1v) is 37.7. The minimum absolute atomic E-state index is 0.0433. The van der Waals surface area contributed by atoms with Crippen molar-refractivity contribution in [2.75, 3.05) is 136 Å². The van der Waals surface area contributed by atoms with Crippen LogP contribution in [0.2, 0.25) is 0 Å². The molecule has 664 valence electrons. The maximum absolute atomic E-state index is 11.5. The molecule has 0 spiro atoms. The van der Waals surface area contributed by atoms with E-state index < -0.39 is 302 Å². The molecule has 20 heteroatoms. The highest BCUT2D eigenvalue weighted by Crippen LogP contribution is 2.52. The molecular weight excluding hydrogens is 1500 g/mol. The van der Waals surface area contributed by atoms with Gasteiger partial charge in [-0.2, -0.15) is 0 Å². The fourth-order valence-corrected chi connectivity index (χ4v) is 14.8. The standard InChI is InChI=1S/4C20H31NO3.C19H29NO3/c4*1-20(2,3)11-14-12-21-7-6-13-8-18(23-4)19(24-5)9-15(13)16(21)10-17(14)22;1-12(2)7-14-11-20-6-5-13-8-18(22-3)19(23-4)9-15(13)16(20)10-17(14)21/h4*8-9,14,16-17,22H,6-7,10-12H2,1-5H3;8-9,12,14,16-17,21H,5-7,10-11H2,1-4H3/i2*1D3,2D3,5D3,10D2,11D2,12D2,14D,17D;2*1D3,2D3,10D2,11D2,12D2,14D,17D;4D3,10D2,11D2,14D,17D. The van der Waals surface area contributed by atoms with E-state index in [9.17, 15) is 25.5 Å². The van der Waals surface area contributed by atoms with Crippen LogP contribution in [0.1, 0.15) is 343 Å². The summed E-state index contributed by atoms with van der Waals surface area (Å²) in [6.45, 7) is -42.5. The Kier molecular flexibility index (Phi) is 12.5. The molecule has 20 nitrogen and oxygen atoms in total. The average Bonchev–Trinajstić information content (AvgIpc) is 0.655. The zero-order chi connectivity index (χ0) is 148. The van der Waals surface area contributed by atoms with Crippen LogP contribution in [0.15, 0.2) is 60.7 Å². The molecule has 5 aromatic carbocycles. The Morgan fingerprint density at radius 3 is 0.697 bits per heavy atom. The number of ether oxygens (including phenoxy) is 10. The fourth-order valence-electron chi connectivity index (χ4n) is 14.8. The third-order valence-corrected chi connectivity index (χ3v) is 20.1. The third-order valence-electron chi connectivity index (χ3n) is 20.1. The summed E-state index contributed by atoms with van der Waals surface area (Å²) < 4.78 is 643. The molecule has 10 heterocycles. The van der Waals surface area contributed by atoms with Crippen LogP contribution in [-0.4, -0.2) is 217 Å². The Bertz CT molecular complexity index is 7030. The summed E-state index contributed by atoms with van der Waals surface area (Å²) in [5.41, 5.74) is -12.0. The summed E-state index contributed by atoms with van der Waals surface area (Å²) in [7, 11) is 0.364. The van der Waals surface area contributed by atoms with Gasteiger partial charge < -0.3 is 72.9 Å². The normalized spacial score (nSPS) is 48.2. The summed E-state index contributed by atoms with van der Waals surface area (Å²) in [4.78, 5) is 3.96. The molecule has 5 N–H and O–H groups in total. The van der Waals surface area contributed by atoms with Crippen LogP contribution in [-0.2, 0) is 32.1 Å². The molecular formula is C99H153N5O15. The number of benzene rings is 5. The summed E-state index contributed by atoms with van der Waals surface area (Å²) in [5.74, 6) is -19.1. The van der Waals surface area contributed by atoms with Crippen LogP contribution in [0.3, 0.4) is 0 Å². The Hall–Kier alpha value is -6.30. The minimum atomic E-state index is -4.13. The molecule has 15 rings (SSSR count). The van der Waals surface area contributed by atoms with Crippen molar-refractivity contribution in [3.8, 4) is 57.5 Å². The molecule has 0 radical (unpaired) electrons. The maximum atomic E-state index is 11.5. The molecule has 0 saturated carbocycles. The van der Waals surface area contributed by atoms with Gasteiger partial charge >= 0.3 is 0 Å². The van der Waals surface area contributed by atoms with Crippen LogP contribution in [0.4, 0.5) is 0 Å². The van der Waals surface area contributed by atoms with Gasteiger partial charge in [-0.15, -0.1) is 0 Å². The van der Waals surface area contributed by atoms with Gasteiger partial charge in [-0.1, -0.05) is 96.4 Å². The molecule has 10 aliphatic rings. The minimum Gasteiger partial charge on any atom is -0.493 e. The van der Waals surface area contributed by atoms with Crippen LogP contribution in [0.5, 0.6) is 57.5 Å². The lowest BCUT2D eigenvalue weighted by molar-refractivity contribution is -0.0259. The number of piperidine rings is 5.